The lowest BCUT2D eigenvalue weighted by Crippen LogP contribution is -2.54. The maximum Gasteiger partial charge on any atom is 0.0192 e. The summed E-state index contributed by atoms with van der Waals surface area (Å²) in [5.74, 6) is 0.941. The number of nitrogens with zero attached hydrogens (tertiary/aromatic N) is 2. The van der Waals surface area contributed by atoms with Gasteiger partial charge >= 0.3 is 0 Å². The number of rotatable bonds is 4. The van der Waals surface area contributed by atoms with Crippen molar-refractivity contribution in [3.8, 4) is 0 Å². The molecule has 2 aliphatic rings. The van der Waals surface area contributed by atoms with E-state index in [9.17, 15) is 0 Å². The molecule has 3 heteroatoms. The largest absolute Gasteiger partial charge is 0.319 e. The number of hydrogen-bond donors (Lipinski definition) is 1. The molecular formula is C16H33N3. The van der Waals surface area contributed by atoms with Crippen LogP contribution in [0.15, 0.2) is 0 Å². The molecule has 0 spiro atoms. The second-order valence-electron chi connectivity index (χ2n) is 7.28. The summed E-state index contributed by atoms with van der Waals surface area (Å²) in [5.41, 5.74) is 0.539. The summed E-state index contributed by atoms with van der Waals surface area (Å²) in [6.07, 6.45) is 5.67. The number of hydrogen-bond acceptors (Lipinski definition) is 3. The minimum Gasteiger partial charge on any atom is -0.319 e. The van der Waals surface area contributed by atoms with Gasteiger partial charge in [0.05, 0.1) is 0 Å². The van der Waals surface area contributed by atoms with Gasteiger partial charge in [-0.1, -0.05) is 19.8 Å². The molecule has 2 rings (SSSR count). The first kappa shape index (κ1) is 15.3. The van der Waals surface area contributed by atoms with E-state index in [-0.39, 0.29) is 0 Å². The SMILES string of the molecule is CNCC1(CN2CCN(C)C(C)C2)CCC(C)CC1. The molecule has 3 nitrogen and oxygen atoms in total. The van der Waals surface area contributed by atoms with Crippen molar-refractivity contribution in [2.24, 2.45) is 11.3 Å². The average Bonchev–Trinajstić information content (AvgIpc) is 2.38. The molecule has 112 valence electrons. The van der Waals surface area contributed by atoms with E-state index in [1.165, 1.54) is 58.4 Å². The van der Waals surface area contributed by atoms with Crippen LogP contribution < -0.4 is 5.32 Å². The zero-order valence-electron chi connectivity index (χ0n) is 13.4. The molecule has 1 heterocycles. The first-order chi connectivity index (χ1) is 9.04. The molecule has 1 atom stereocenters. The van der Waals surface area contributed by atoms with Crippen molar-refractivity contribution < 1.29 is 0 Å². The van der Waals surface area contributed by atoms with E-state index < -0.39 is 0 Å². The van der Waals surface area contributed by atoms with Gasteiger partial charge in [-0.05, 0) is 45.2 Å². The van der Waals surface area contributed by atoms with Gasteiger partial charge in [0.2, 0.25) is 0 Å². The second-order valence-corrected chi connectivity index (χ2v) is 7.28. The topological polar surface area (TPSA) is 18.5 Å². The predicted molar refractivity (Wildman–Crippen MR) is 82.5 cm³/mol. The van der Waals surface area contributed by atoms with E-state index in [0.29, 0.717) is 11.5 Å². The highest BCUT2D eigenvalue weighted by atomic mass is 15.3. The maximum atomic E-state index is 3.47. The van der Waals surface area contributed by atoms with Gasteiger partial charge in [0.1, 0.15) is 0 Å². The lowest BCUT2D eigenvalue weighted by atomic mass is 9.70. The normalized spacial score (nSPS) is 38.5. The average molecular weight is 267 g/mol. The highest BCUT2D eigenvalue weighted by molar-refractivity contribution is 4.91. The summed E-state index contributed by atoms with van der Waals surface area (Å²) in [7, 11) is 4.38. The molecule has 2 fully saturated rings. The Bertz CT molecular complexity index is 271. The fourth-order valence-electron chi connectivity index (χ4n) is 3.88. The molecular weight excluding hydrogens is 234 g/mol. The second kappa shape index (κ2) is 6.55. The van der Waals surface area contributed by atoms with E-state index in [1.807, 2.05) is 0 Å². The van der Waals surface area contributed by atoms with Crippen LogP contribution in [0.3, 0.4) is 0 Å². The van der Waals surface area contributed by atoms with E-state index in [2.05, 4.69) is 43.1 Å². The van der Waals surface area contributed by atoms with E-state index in [1.54, 1.807) is 0 Å². The molecule has 0 amide bonds. The van der Waals surface area contributed by atoms with Crippen molar-refractivity contribution in [2.75, 3.05) is 46.8 Å². The first-order valence-corrected chi connectivity index (χ1v) is 8.12. The fourth-order valence-corrected chi connectivity index (χ4v) is 3.88. The number of nitrogens with one attached hydrogen (secondary N) is 1. The van der Waals surface area contributed by atoms with Gasteiger partial charge in [-0.25, -0.2) is 0 Å². The Labute approximate surface area is 119 Å². The van der Waals surface area contributed by atoms with Gasteiger partial charge in [-0.2, -0.15) is 0 Å². The molecule has 0 aromatic rings. The van der Waals surface area contributed by atoms with Gasteiger partial charge < -0.3 is 10.2 Å². The Hall–Kier alpha value is -0.120. The Morgan fingerprint density at radius 2 is 1.84 bits per heavy atom. The minimum absolute atomic E-state index is 0.539. The summed E-state index contributed by atoms with van der Waals surface area (Å²) in [6, 6.07) is 0.711. The van der Waals surface area contributed by atoms with Gasteiger partial charge in [-0.15, -0.1) is 0 Å². The third kappa shape index (κ3) is 3.93. The Morgan fingerprint density at radius 3 is 2.42 bits per heavy atom. The van der Waals surface area contributed by atoms with Crippen LogP contribution in [0, 0.1) is 11.3 Å². The van der Waals surface area contributed by atoms with Crippen molar-refractivity contribution >= 4 is 0 Å². The Balaban J connectivity index is 1.93. The van der Waals surface area contributed by atoms with Crippen molar-refractivity contribution in [2.45, 2.75) is 45.6 Å². The van der Waals surface area contributed by atoms with Gasteiger partial charge in [-0.3, -0.25) is 4.90 Å². The number of piperazine rings is 1. The molecule has 0 aromatic heterocycles. The van der Waals surface area contributed by atoms with Crippen LogP contribution in [0.25, 0.3) is 0 Å². The highest BCUT2D eigenvalue weighted by Gasteiger charge is 2.36. The molecule has 0 aromatic carbocycles. The smallest absolute Gasteiger partial charge is 0.0192 e. The molecule has 1 saturated carbocycles. The molecule has 1 aliphatic carbocycles. The van der Waals surface area contributed by atoms with Crippen LogP contribution in [0.4, 0.5) is 0 Å². The summed E-state index contributed by atoms with van der Waals surface area (Å²) in [4.78, 5) is 5.21. The van der Waals surface area contributed by atoms with Gasteiger partial charge in [0, 0.05) is 38.8 Å². The van der Waals surface area contributed by atoms with Crippen LogP contribution in [-0.4, -0.2) is 62.7 Å². The molecule has 0 radical (unpaired) electrons. The van der Waals surface area contributed by atoms with Gasteiger partial charge in [0.25, 0.3) is 0 Å². The first-order valence-electron chi connectivity index (χ1n) is 8.12. The highest BCUT2D eigenvalue weighted by Crippen LogP contribution is 2.39. The van der Waals surface area contributed by atoms with Crippen molar-refractivity contribution in [1.82, 2.24) is 15.1 Å². The van der Waals surface area contributed by atoms with Crippen LogP contribution in [0.5, 0.6) is 0 Å². The van der Waals surface area contributed by atoms with Crippen LogP contribution in [-0.2, 0) is 0 Å². The van der Waals surface area contributed by atoms with Crippen LogP contribution in [0.1, 0.15) is 39.5 Å². The zero-order chi connectivity index (χ0) is 13.9. The Morgan fingerprint density at radius 1 is 1.16 bits per heavy atom. The maximum absolute atomic E-state index is 3.47. The summed E-state index contributed by atoms with van der Waals surface area (Å²) in [6.45, 7) is 11.0. The number of likely N-dealkylation sites (N-methyl/N-ethyl adjacent to an activating group) is 1. The van der Waals surface area contributed by atoms with Crippen LogP contribution in [0.2, 0.25) is 0 Å². The standard InChI is InChI=1S/C16H33N3/c1-14-5-7-16(8-6-14,12-17-3)13-19-10-9-18(4)15(2)11-19/h14-15,17H,5-13H2,1-4H3. The molecule has 1 unspecified atom stereocenters. The third-order valence-electron chi connectivity index (χ3n) is 5.49. The minimum atomic E-state index is 0.539. The quantitative estimate of drug-likeness (QED) is 0.841. The van der Waals surface area contributed by atoms with E-state index in [0.717, 1.165) is 5.92 Å². The molecule has 1 aliphatic heterocycles. The summed E-state index contributed by atoms with van der Waals surface area (Å²) < 4.78 is 0. The third-order valence-corrected chi connectivity index (χ3v) is 5.49. The van der Waals surface area contributed by atoms with Crippen LogP contribution >= 0.6 is 0 Å². The van der Waals surface area contributed by atoms with Crippen molar-refractivity contribution in [3.05, 3.63) is 0 Å². The lowest BCUT2D eigenvalue weighted by Gasteiger charge is -2.46. The van der Waals surface area contributed by atoms with Gasteiger partial charge in [0.15, 0.2) is 0 Å². The predicted octanol–water partition coefficient (Wildman–Crippen LogP) is 2.04. The van der Waals surface area contributed by atoms with Crippen molar-refractivity contribution in [3.63, 3.8) is 0 Å². The summed E-state index contributed by atoms with van der Waals surface area (Å²) in [5, 5.41) is 3.47. The molecule has 1 N–H and O–H groups in total. The van der Waals surface area contributed by atoms with Crippen molar-refractivity contribution in [1.29, 1.82) is 0 Å². The Kier molecular flexibility index (Phi) is 5.27. The molecule has 19 heavy (non-hydrogen) atoms. The summed E-state index contributed by atoms with van der Waals surface area (Å²) >= 11 is 0. The molecule has 0 bridgehead atoms. The molecule has 1 saturated heterocycles. The fraction of sp³-hybridized carbons (Fsp3) is 1.00. The van der Waals surface area contributed by atoms with E-state index in [4.69, 9.17) is 0 Å². The van der Waals surface area contributed by atoms with E-state index >= 15 is 0 Å². The monoisotopic (exact) mass is 267 g/mol. The lowest BCUT2D eigenvalue weighted by molar-refractivity contribution is 0.0407. The zero-order valence-corrected chi connectivity index (χ0v) is 13.4.